The summed E-state index contributed by atoms with van der Waals surface area (Å²) < 4.78 is 16.9. The maximum atomic E-state index is 16.9. The minimum Gasteiger partial charge on any atom is -0.508 e. The zero-order valence-corrected chi connectivity index (χ0v) is 25.5. The number of nitrogens with one attached hydrogen (secondary N) is 1. The molecule has 0 saturated heterocycles. The first-order chi connectivity index (χ1) is 19.9. The van der Waals surface area contributed by atoms with Crippen LogP contribution in [0.3, 0.4) is 0 Å². The van der Waals surface area contributed by atoms with Crippen LogP contribution in [-0.4, -0.2) is 78.8 Å². The fourth-order valence-corrected chi connectivity index (χ4v) is 8.54. The molecule has 0 radical (unpaired) electrons. The van der Waals surface area contributed by atoms with Gasteiger partial charge in [0.2, 0.25) is 0 Å². The van der Waals surface area contributed by atoms with E-state index in [2.05, 4.69) is 5.32 Å². The summed E-state index contributed by atoms with van der Waals surface area (Å²) in [6.07, 6.45) is 3.71. The first-order valence-electron chi connectivity index (χ1n) is 15.1. The molecule has 0 aromatic heterocycles. The van der Waals surface area contributed by atoms with E-state index in [0.29, 0.717) is 36.9 Å². The van der Waals surface area contributed by atoms with Crippen LogP contribution in [0.1, 0.15) is 72.0 Å². The summed E-state index contributed by atoms with van der Waals surface area (Å²) in [5, 5.41) is 63.2. The second-order valence-corrected chi connectivity index (χ2v) is 13.6. The molecule has 0 aliphatic heterocycles. The van der Waals surface area contributed by atoms with Gasteiger partial charge in [-0.25, -0.2) is 4.39 Å². The van der Waals surface area contributed by atoms with E-state index >= 15 is 4.39 Å². The fraction of sp³-hybridized carbons (Fsp3) is 0.636. The third-order valence-electron chi connectivity index (χ3n) is 10.8. The number of aliphatic hydroxyl groups excluding tert-OH is 3. The number of hydrogen-bond donors (Lipinski definition) is 7. The number of allylic oxidation sites excluding steroid dienone is 4. The molecule has 1 aromatic rings. The third kappa shape index (κ3) is 5.25. The number of fused-ring (bicyclic) bond motifs is 5. The molecule has 43 heavy (non-hydrogen) atoms. The van der Waals surface area contributed by atoms with E-state index in [4.69, 9.17) is 0 Å². The summed E-state index contributed by atoms with van der Waals surface area (Å²) in [4.78, 5) is 24.4. The zero-order chi connectivity index (χ0) is 32.1. The van der Waals surface area contributed by atoms with Gasteiger partial charge in [-0.2, -0.15) is 0 Å². The summed E-state index contributed by atoms with van der Waals surface area (Å²) >= 11 is 0. The van der Waals surface area contributed by atoms with E-state index in [0.717, 1.165) is 0 Å². The van der Waals surface area contributed by atoms with E-state index in [9.17, 15) is 40.2 Å². The van der Waals surface area contributed by atoms with E-state index in [1.165, 1.54) is 30.4 Å². The van der Waals surface area contributed by atoms with Crippen molar-refractivity contribution in [1.82, 2.24) is 5.32 Å². The SMILES string of the molecule is CC(C)NCC(O)c1cc(O)cc(O)c1.C[C@@H]1C[C@H]2[C@@H]3CCC4=CC(=O)C=C[C@]4(C)[C@@]3(F)[C@@H](O)C[C@]2(C)[C@@]1(O)C(=O)CO. The molecule has 0 bridgehead atoms. The zero-order valence-electron chi connectivity index (χ0n) is 25.5. The minimum absolute atomic E-state index is 0.0476. The highest BCUT2D eigenvalue weighted by atomic mass is 19.1. The minimum atomic E-state index is -1.98. The third-order valence-corrected chi connectivity index (χ3v) is 10.8. The molecule has 9 nitrogen and oxygen atoms in total. The number of carbonyl (C=O) groups is 2. The van der Waals surface area contributed by atoms with Crippen molar-refractivity contribution in [2.45, 2.75) is 89.8 Å². The second kappa shape index (κ2) is 11.7. The predicted molar refractivity (Wildman–Crippen MR) is 158 cm³/mol. The first-order valence-corrected chi connectivity index (χ1v) is 15.1. The number of aromatic hydroxyl groups is 2. The van der Waals surface area contributed by atoms with Crippen LogP contribution >= 0.6 is 0 Å². The smallest absolute Gasteiger partial charge is 0.190 e. The molecule has 1 unspecified atom stereocenters. The fourth-order valence-electron chi connectivity index (χ4n) is 8.54. The number of phenols is 2. The van der Waals surface area contributed by atoms with E-state index in [-0.39, 0.29) is 35.7 Å². The number of rotatable bonds is 6. The number of alkyl halides is 1. The first kappa shape index (κ1) is 33.3. The number of hydrogen-bond acceptors (Lipinski definition) is 9. The van der Waals surface area contributed by atoms with Crippen molar-refractivity contribution in [1.29, 1.82) is 0 Å². The molecule has 3 saturated carbocycles. The number of carbonyl (C=O) groups excluding carboxylic acids is 2. The van der Waals surface area contributed by atoms with Crippen LogP contribution in [0.25, 0.3) is 0 Å². The van der Waals surface area contributed by atoms with Gasteiger partial charge in [0, 0.05) is 35.4 Å². The predicted octanol–water partition coefficient (Wildman–Crippen LogP) is 3.02. The quantitative estimate of drug-likeness (QED) is 0.259. The van der Waals surface area contributed by atoms with Crippen molar-refractivity contribution >= 4 is 11.6 Å². The maximum absolute atomic E-state index is 16.9. The normalized spacial score (nSPS) is 38.8. The summed E-state index contributed by atoms with van der Waals surface area (Å²) in [5.41, 5.74) is -4.67. The largest absolute Gasteiger partial charge is 0.508 e. The van der Waals surface area contributed by atoms with Gasteiger partial charge in [0.1, 0.15) is 23.7 Å². The standard InChI is InChI=1S/C22H29FO5.C11H17NO3/c1-12-8-16-15-5-4-13-9-14(25)6-7-19(13,2)21(15,23)17(26)10-20(16,3)22(12,28)18(27)11-24;1-7(2)12-6-11(15)8-3-9(13)5-10(14)4-8/h6-7,9,12,15-17,24,26,28H,4-5,8,10-11H2,1-3H3;3-5,7,11-15H,6H2,1-2H3/t12-,15+,16+,17+,19+,20+,21+,22+;/m1./s1. The number of phenolic OH excluding ortho intramolecular Hbond substituents is 2. The van der Waals surface area contributed by atoms with Crippen LogP contribution in [0.5, 0.6) is 11.5 Å². The molecule has 3 fully saturated rings. The van der Waals surface area contributed by atoms with Gasteiger partial charge in [0.05, 0.1) is 12.2 Å². The van der Waals surface area contributed by atoms with Crippen molar-refractivity contribution in [2.75, 3.05) is 13.2 Å². The van der Waals surface area contributed by atoms with Crippen LogP contribution in [0.2, 0.25) is 0 Å². The molecule has 7 N–H and O–H groups in total. The van der Waals surface area contributed by atoms with Gasteiger partial charge in [0.15, 0.2) is 17.2 Å². The van der Waals surface area contributed by atoms with Crippen LogP contribution < -0.4 is 5.32 Å². The van der Waals surface area contributed by atoms with Crippen LogP contribution in [0, 0.1) is 28.6 Å². The molecule has 5 rings (SSSR count). The molecule has 9 atom stereocenters. The van der Waals surface area contributed by atoms with Crippen molar-refractivity contribution in [2.24, 2.45) is 28.6 Å². The molecular formula is C33H46FNO8. The lowest BCUT2D eigenvalue weighted by Crippen LogP contribution is -2.69. The van der Waals surface area contributed by atoms with Crippen molar-refractivity contribution in [3.63, 3.8) is 0 Å². The number of ketones is 2. The number of halogens is 1. The van der Waals surface area contributed by atoms with E-state index in [1.54, 1.807) is 26.8 Å². The Kier molecular flexibility index (Phi) is 9.06. The average Bonchev–Trinajstić information content (AvgIpc) is 3.13. The van der Waals surface area contributed by atoms with Crippen molar-refractivity contribution in [3.8, 4) is 11.5 Å². The number of benzene rings is 1. The summed E-state index contributed by atoms with van der Waals surface area (Å²) in [6.45, 7) is 8.83. The molecule has 0 heterocycles. The Labute approximate surface area is 252 Å². The number of Topliss-reactive ketones (excluding diaryl/α,β-unsaturated/α-hetero) is 1. The van der Waals surface area contributed by atoms with Crippen LogP contribution in [0.15, 0.2) is 42.0 Å². The van der Waals surface area contributed by atoms with Gasteiger partial charge in [0.25, 0.3) is 0 Å². The Morgan fingerprint density at radius 2 is 1.77 bits per heavy atom. The molecule has 1 aromatic carbocycles. The summed E-state index contributed by atoms with van der Waals surface area (Å²) in [5.74, 6) is -2.21. The lowest BCUT2D eigenvalue weighted by atomic mass is 9.44. The maximum Gasteiger partial charge on any atom is 0.190 e. The monoisotopic (exact) mass is 603 g/mol. The Bertz CT molecular complexity index is 1290. The highest BCUT2D eigenvalue weighted by molar-refractivity contribution is 6.01. The van der Waals surface area contributed by atoms with Crippen molar-refractivity contribution < 1.29 is 44.6 Å². The van der Waals surface area contributed by atoms with Crippen molar-refractivity contribution in [3.05, 3.63) is 47.6 Å². The lowest BCUT2D eigenvalue weighted by Gasteiger charge is -2.62. The van der Waals surface area contributed by atoms with Crippen LogP contribution in [0.4, 0.5) is 4.39 Å². The van der Waals surface area contributed by atoms with Gasteiger partial charge in [-0.05, 0) is 74.3 Å². The summed E-state index contributed by atoms with van der Waals surface area (Å²) in [7, 11) is 0. The Morgan fingerprint density at radius 3 is 2.35 bits per heavy atom. The van der Waals surface area contributed by atoms with Gasteiger partial charge < -0.3 is 36.0 Å². The average molecular weight is 604 g/mol. The molecule has 10 heteroatoms. The highest BCUT2D eigenvalue weighted by Crippen LogP contribution is 2.70. The number of aliphatic hydroxyl groups is 4. The Hall–Kier alpha value is -2.63. The van der Waals surface area contributed by atoms with E-state index in [1.807, 2.05) is 13.8 Å². The van der Waals surface area contributed by atoms with E-state index < -0.39 is 58.5 Å². The molecule has 0 amide bonds. The Morgan fingerprint density at radius 1 is 1.14 bits per heavy atom. The molecule has 238 valence electrons. The molecule has 4 aliphatic rings. The van der Waals surface area contributed by atoms with Gasteiger partial charge in [-0.15, -0.1) is 0 Å². The second-order valence-electron chi connectivity index (χ2n) is 13.6. The van der Waals surface area contributed by atoms with Gasteiger partial charge in [-0.3, -0.25) is 9.59 Å². The topological polar surface area (TPSA) is 168 Å². The van der Waals surface area contributed by atoms with Gasteiger partial charge >= 0.3 is 0 Å². The highest BCUT2D eigenvalue weighted by Gasteiger charge is 2.75. The molecule has 0 spiro atoms. The van der Waals surface area contributed by atoms with Crippen LogP contribution in [-0.2, 0) is 9.59 Å². The summed E-state index contributed by atoms with van der Waals surface area (Å²) in [6, 6.07) is 4.38. The van der Waals surface area contributed by atoms with Gasteiger partial charge in [-0.1, -0.05) is 39.3 Å². The molecular weight excluding hydrogens is 557 g/mol. The lowest BCUT2D eigenvalue weighted by molar-refractivity contribution is -0.219. The Balaban J connectivity index is 0.000000239. The molecule has 4 aliphatic carbocycles.